The average Bonchev–Trinajstić information content (AvgIpc) is 2.55. The molecular weight excluding hydrogens is 244 g/mol. The van der Waals surface area contributed by atoms with Gasteiger partial charge in [-0.15, -0.1) is 0 Å². The molecule has 1 saturated heterocycles. The van der Waals surface area contributed by atoms with Crippen LogP contribution in [0.25, 0.3) is 6.08 Å². The van der Waals surface area contributed by atoms with Crippen molar-refractivity contribution in [2.45, 2.75) is 18.4 Å². The number of rotatable bonds is 1. The Balaban J connectivity index is 1.74. The van der Waals surface area contributed by atoms with Crippen molar-refractivity contribution < 1.29 is 4.74 Å². The zero-order chi connectivity index (χ0) is 13.4. The molecule has 0 aromatic heterocycles. The molecule has 3 atom stereocenters. The minimum Gasteiger partial charge on any atom is -0.373 e. The van der Waals surface area contributed by atoms with E-state index >= 15 is 0 Å². The number of benzene rings is 2. The molecule has 0 N–H and O–H groups in total. The Labute approximate surface area is 119 Å². The van der Waals surface area contributed by atoms with Crippen LogP contribution in [0, 0.1) is 5.92 Å². The van der Waals surface area contributed by atoms with Gasteiger partial charge in [0, 0.05) is 12.5 Å². The van der Waals surface area contributed by atoms with Gasteiger partial charge in [-0.1, -0.05) is 66.7 Å². The van der Waals surface area contributed by atoms with Gasteiger partial charge in [-0.05, 0) is 29.0 Å². The monoisotopic (exact) mass is 262 g/mol. The fourth-order valence-corrected chi connectivity index (χ4v) is 3.59. The van der Waals surface area contributed by atoms with Crippen LogP contribution in [0.4, 0.5) is 0 Å². The first-order chi connectivity index (χ1) is 9.93. The summed E-state index contributed by atoms with van der Waals surface area (Å²) in [5.41, 5.74) is 4.10. The Morgan fingerprint density at radius 1 is 0.900 bits per heavy atom. The summed E-state index contributed by atoms with van der Waals surface area (Å²) in [6.45, 7) is 0.850. The number of hydrogen-bond acceptors (Lipinski definition) is 1. The van der Waals surface area contributed by atoms with E-state index < -0.39 is 0 Å². The second-order valence-corrected chi connectivity index (χ2v) is 5.66. The van der Waals surface area contributed by atoms with Crippen molar-refractivity contribution in [1.29, 1.82) is 0 Å². The second-order valence-electron chi connectivity index (χ2n) is 5.66. The topological polar surface area (TPSA) is 9.23 Å². The van der Waals surface area contributed by atoms with Gasteiger partial charge < -0.3 is 4.74 Å². The van der Waals surface area contributed by atoms with Gasteiger partial charge in [-0.2, -0.15) is 0 Å². The Hall–Kier alpha value is -1.86. The van der Waals surface area contributed by atoms with Crippen LogP contribution in [0.1, 0.15) is 35.1 Å². The predicted molar refractivity (Wildman–Crippen MR) is 81.5 cm³/mol. The van der Waals surface area contributed by atoms with E-state index in [4.69, 9.17) is 4.74 Å². The van der Waals surface area contributed by atoms with E-state index in [1.54, 1.807) is 0 Å². The van der Waals surface area contributed by atoms with Gasteiger partial charge in [-0.25, -0.2) is 0 Å². The lowest BCUT2D eigenvalue weighted by molar-refractivity contribution is -0.0248. The van der Waals surface area contributed by atoms with Crippen molar-refractivity contribution in [2.24, 2.45) is 5.92 Å². The molecule has 0 amide bonds. The molecule has 1 aliphatic heterocycles. The molecule has 0 bridgehead atoms. The maximum atomic E-state index is 6.11. The van der Waals surface area contributed by atoms with Crippen molar-refractivity contribution in [1.82, 2.24) is 0 Å². The van der Waals surface area contributed by atoms with E-state index in [-0.39, 0.29) is 6.10 Å². The average molecular weight is 262 g/mol. The summed E-state index contributed by atoms with van der Waals surface area (Å²) in [6.07, 6.45) is 5.94. The van der Waals surface area contributed by atoms with Crippen LogP contribution in [-0.4, -0.2) is 6.61 Å². The smallest absolute Gasteiger partial charge is 0.0899 e. The van der Waals surface area contributed by atoms with E-state index in [0.29, 0.717) is 11.8 Å². The van der Waals surface area contributed by atoms with Crippen molar-refractivity contribution in [3.63, 3.8) is 0 Å². The molecule has 1 fully saturated rings. The standard InChI is InChI=1S/C19H18O/c1-2-6-14(7-3-1)16-12-13-20-19-17-9-5-4-8-15(17)10-11-18(16)19/h1-11,16,18-19H,12-13H2. The molecule has 0 spiro atoms. The molecule has 1 heteroatoms. The minimum atomic E-state index is 0.218. The maximum absolute atomic E-state index is 6.11. The van der Waals surface area contributed by atoms with Gasteiger partial charge in [0.1, 0.15) is 0 Å². The highest BCUT2D eigenvalue weighted by atomic mass is 16.5. The third-order valence-corrected chi connectivity index (χ3v) is 4.57. The Bertz CT molecular complexity index is 629. The number of fused-ring (bicyclic) bond motifs is 3. The predicted octanol–water partition coefficient (Wildman–Crippen LogP) is 4.57. The molecule has 1 nitrogen and oxygen atoms in total. The molecule has 100 valence electrons. The first-order valence-electron chi connectivity index (χ1n) is 7.37. The van der Waals surface area contributed by atoms with E-state index in [9.17, 15) is 0 Å². The fourth-order valence-electron chi connectivity index (χ4n) is 3.59. The second kappa shape index (κ2) is 4.92. The third kappa shape index (κ3) is 1.90. The van der Waals surface area contributed by atoms with Crippen molar-refractivity contribution in [3.8, 4) is 0 Å². The van der Waals surface area contributed by atoms with Crippen LogP contribution >= 0.6 is 0 Å². The van der Waals surface area contributed by atoms with E-state index in [1.807, 2.05) is 0 Å². The SMILES string of the molecule is C1=CC2C(c3ccccc3)CCOC2c2ccccc21. The van der Waals surface area contributed by atoms with Crippen LogP contribution in [0.2, 0.25) is 0 Å². The molecule has 2 aromatic carbocycles. The summed E-state index contributed by atoms with van der Waals surface area (Å²) < 4.78 is 6.11. The van der Waals surface area contributed by atoms with Crippen LogP contribution in [-0.2, 0) is 4.74 Å². The molecule has 2 aromatic rings. The first kappa shape index (κ1) is 11.9. The largest absolute Gasteiger partial charge is 0.373 e. The van der Waals surface area contributed by atoms with E-state index in [1.165, 1.54) is 16.7 Å². The zero-order valence-corrected chi connectivity index (χ0v) is 11.4. The highest BCUT2D eigenvalue weighted by molar-refractivity contribution is 5.58. The van der Waals surface area contributed by atoms with Crippen molar-refractivity contribution >= 4 is 6.08 Å². The summed E-state index contributed by atoms with van der Waals surface area (Å²) in [6, 6.07) is 19.5. The highest BCUT2D eigenvalue weighted by Gasteiger charge is 2.36. The van der Waals surface area contributed by atoms with Crippen LogP contribution < -0.4 is 0 Å². The van der Waals surface area contributed by atoms with Gasteiger partial charge >= 0.3 is 0 Å². The third-order valence-electron chi connectivity index (χ3n) is 4.57. The van der Waals surface area contributed by atoms with Gasteiger partial charge in [0.15, 0.2) is 0 Å². The fraction of sp³-hybridized carbons (Fsp3) is 0.263. The lowest BCUT2D eigenvalue weighted by atomic mass is 9.73. The van der Waals surface area contributed by atoms with Crippen LogP contribution in [0.15, 0.2) is 60.7 Å². The maximum Gasteiger partial charge on any atom is 0.0899 e. The summed E-state index contributed by atoms with van der Waals surface area (Å²) in [5.74, 6) is 1.03. The van der Waals surface area contributed by atoms with Gasteiger partial charge in [0.25, 0.3) is 0 Å². The van der Waals surface area contributed by atoms with Crippen molar-refractivity contribution in [3.05, 3.63) is 77.4 Å². The molecule has 0 saturated carbocycles. The van der Waals surface area contributed by atoms with Gasteiger partial charge in [0.05, 0.1) is 6.10 Å². The quantitative estimate of drug-likeness (QED) is 0.731. The summed E-state index contributed by atoms with van der Waals surface area (Å²) in [4.78, 5) is 0. The summed E-state index contributed by atoms with van der Waals surface area (Å²) in [7, 11) is 0. The van der Waals surface area contributed by atoms with Crippen molar-refractivity contribution in [2.75, 3.05) is 6.61 Å². The highest BCUT2D eigenvalue weighted by Crippen LogP contribution is 2.46. The number of hydrogen-bond donors (Lipinski definition) is 0. The molecule has 3 unspecified atom stereocenters. The molecule has 20 heavy (non-hydrogen) atoms. The lowest BCUT2D eigenvalue weighted by Gasteiger charge is -2.39. The van der Waals surface area contributed by atoms with Crippen LogP contribution in [0.5, 0.6) is 0 Å². The first-order valence-corrected chi connectivity index (χ1v) is 7.37. The molecule has 0 radical (unpaired) electrons. The van der Waals surface area contributed by atoms with E-state index in [2.05, 4.69) is 66.7 Å². The van der Waals surface area contributed by atoms with Gasteiger partial charge in [-0.3, -0.25) is 0 Å². The molecule has 1 aliphatic carbocycles. The molecule has 1 heterocycles. The Morgan fingerprint density at radius 2 is 1.70 bits per heavy atom. The zero-order valence-electron chi connectivity index (χ0n) is 11.4. The summed E-state index contributed by atoms with van der Waals surface area (Å²) >= 11 is 0. The molecule has 4 rings (SSSR count). The lowest BCUT2D eigenvalue weighted by Crippen LogP contribution is -2.30. The van der Waals surface area contributed by atoms with Gasteiger partial charge in [0.2, 0.25) is 0 Å². The molecular formula is C19H18O. The van der Waals surface area contributed by atoms with Crippen LogP contribution in [0.3, 0.4) is 0 Å². The minimum absolute atomic E-state index is 0.218. The van der Waals surface area contributed by atoms with E-state index in [0.717, 1.165) is 13.0 Å². The Morgan fingerprint density at radius 3 is 2.60 bits per heavy atom. The Kier molecular flexibility index (Phi) is 2.93. The normalized spacial score (nSPS) is 27.7. The molecule has 2 aliphatic rings. The number of ether oxygens (including phenoxy) is 1. The summed E-state index contributed by atoms with van der Waals surface area (Å²) in [5, 5.41) is 0.